The van der Waals surface area contributed by atoms with Gasteiger partial charge in [0.2, 0.25) is 0 Å². The largest absolute Gasteiger partial charge is 1.00 e. The summed E-state index contributed by atoms with van der Waals surface area (Å²) in [5.41, 5.74) is 5.67. The predicted octanol–water partition coefficient (Wildman–Crippen LogP) is 1.52. The van der Waals surface area contributed by atoms with E-state index in [1.807, 2.05) is 36.4 Å². The number of fused-ring (bicyclic) bond motifs is 8. The molecule has 5 aromatic rings. The van der Waals surface area contributed by atoms with Crippen LogP contribution in [-0.4, -0.2) is 3.21 Å². The molecule has 0 saturated carbocycles. The summed E-state index contributed by atoms with van der Waals surface area (Å²) in [5.74, 6) is 0. The van der Waals surface area contributed by atoms with E-state index in [1.165, 1.54) is 47.0 Å². The van der Waals surface area contributed by atoms with Gasteiger partial charge in [0, 0.05) is 0 Å². The van der Waals surface area contributed by atoms with Crippen molar-refractivity contribution in [3.63, 3.8) is 0 Å². The van der Waals surface area contributed by atoms with Gasteiger partial charge in [-0.1, -0.05) is 53.9 Å². The van der Waals surface area contributed by atoms with E-state index in [2.05, 4.69) is 80.6 Å². The maximum atomic E-state index is 3.48. The molecule has 3 heteroatoms. The number of halogens is 2. The molecule has 0 N–H and O–H groups in total. The Kier molecular flexibility index (Phi) is 10.2. The Balaban J connectivity index is 0.000000282. The fraction of sp³-hybridized carbons (Fsp3) is 0.103. The Morgan fingerprint density at radius 2 is 1.38 bits per heavy atom. The normalized spacial score (nSPS) is 10.4. The average molecular weight is 535 g/mol. The molecular formula is C29H24Cl2Zr-2. The number of benzene rings is 4. The van der Waals surface area contributed by atoms with E-state index in [1.54, 1.807) is 24.2 Å². The summed E-state index contributed by atoms with van der Waals surface area (Å²) >= 11 is 1.55. The van der Waals surface area contributed by atoms with Gasteiger partial charge in [-0.3, -0.25) is 0 Å². The molecule has 0 amide bonds. The van der Waals surface area contributed by atoms with Gasteiger partial charge in [-0.2, -0.15) is 18.2 Å². The van der Waals surface area contributed by atoms with E-state index in [0.29, 0.717) is 0 Å². The van der Waals surface area contributed by atoms with Crippen LogP contribution in [0.5, 0.6) is 0 Å². The Hall–Kier alpha value is -1.92. The van der Waals surface area contributed by atoms with Gasteiger partial charge in [-0.25, -0.2) is 12.1 Å². The summed E-state index contributed by atoms with van der Waals surface area (Å²) in [6, 6.07) is 37.3. The maximum Gasteiger partial charge on any atom is -0.0240 e. The first-order valence-electron chi connectivity index (χ1n) is 10.3. The van der Waals surface area contributed by atoms with Gasteiger partial charge < -0.3 is 24.8 Å². The van der Waals surface area contributed by atoms with Crippen molar-refractivity contribution >= 4 is 24.8 Å². The molecule has 0 aliphatic heterocycles. The smallest absolute Gasteiger partial charge is 0.0240 e. The van der Waals surface area contributed by atoms with Crippen molar-refractivity contribution in [1.82, 2.24) is 0 Å². The molecule has 0 heterocycles. The van der Waals surface area contributed by atoms with Crippen molar-refractivity contribution < 1.29 is 49.0 Å². The Labute approximate surface area is 218 Å². The van der Waals surface area contributed by atoms with E-state index in [0.717, 1.165) is 6.42 Å². The van der Waals surface area contributed by atoms with Crippen LogP contribution in [0.15, 0.2) is 97.1 Å². The summed E-state index contributed by atoms with van der Waals surface area (Å²) in [5, 5.41) is 5.30. The van der Waals surface area contributed by atoms with Crippen LogP contribution in [0.2, 0.25) is 0 Å². The van der Waals surface area contributed by atoms with E-state index in [4.69, 9.17) is 0 Å². The molecule has 0 spiro atoms. The van der Waals surface area contributed by atoms with E-state index < -0.39 is 0 Å². The molecule has 0 nitrogen and oxygen atoms in total. The predicted molar refractivity (Wildman–Crippen MR) is 127 cm³/mol. The van der Waals surface area contributed by atoms with Crippen LogP contribution in [-0.2, 0) is 30.7 Å². The molecule has 0 fully saturated rings. The third-order valence-corrected chi connectivity index (χ3v) is 5.16. The van der Waals surface area contributed by atoms with Gasteiger partial charge >= 0.3 is 41.3 Å². The molecular weight excluding hydrogens is 510 g/mol. The summed E-state index contributed by atoms with van der Waals surface area (Å²) in [6.45, 7) is 4.25. The Bertz CT molecular complexity index is 1280. The maximum absolute atomic E-state index is 3.48. The van der Waals surface area contributed by atoms with Gasteiger partial charge in [-0.15, -0.1) is 40.6 Å². The van der Waals surface area contributed by atoms with E-state index in [9.17, 15) is 0 Å². The molecule has 0 unspecified atom stereocenters. The summed E-state index contributed by atoms with van der Waals surface area (Å²) < 4.78 is 1.51. The van der Waals surface area contributed by atoms with Crippen LogP contribution in [0.25, 0.3) is 32.7 Å². The second-order valence-corrected chi connectivity index (χ2v) is 10.1. The average Bonchev–Trinajstić information content (AvgIpc) is 3.45. The molecule has 1 aliphatic rings. The molecule has 0 bridgehead atoms. The zero-order valence-corrected chi connectivity index (χ0v) is 22.2. The van der Waals surface area contributed by atoms with Crippen molar-refractivity contribution in [2.24, 2.45) is 0 Å². The molecule has 6 rings (SSSR count). The van der Waals surface area contributed by atoms with Gasteiger partial charge in [-0.05, 0) is 28.5 Å². The number of hydrogen-bond donors (Lipinski definition) is 0. The van der Waals surface area contributed by atoms with Crippen molar-refractivity contribution in [2.45, 2.75) is 20.3 Å². The molecule has 0 aromatic heterocycles. The van der Waals surface area contributed by atoms with Crippen molar-refractivity contribution in [3.8, 4) is 11.1 Å². The summed E-state index contributed by atoms with van der Waals surface area (Å²) in [7, 11) is 0. The van der Waals surface area contributed by atoms with Gasteiger partial charge in [0.1, 0.15) is 0 Å². The second-order valence-electron chi connectivity index (χ2n) is 7.65. The molecule has 160 valence electrons. The molecule has 5 aromatic carbocycles. The van der Waals surface area contributed by atoms with E-state index >= 15 is 0 Å². The van der Waals surface area contributed by atoms with Crippen LogP contribution in [0.3, 0.4) is 0 Å². The van der Waals surface area contributed by atoms with Gasteiger partial charge in [0.15, 0.2) is 0 Å². The first kappa shape index (κ1) is 26.3. The summed E-state index contributed by atoms with van der Waals surface area (Å²) in [4.78, 5) is 0. The third-order valence-electron chi connectivity index (χ3n) is 5.16. The van der Waals surface area contributed by atoms with Crippen LogP contribution in [0.4, 0.5) is 0 Å². The fourth-order valence-corrected chi connectivity index (χ4v) is 4.05. The van der Waals surface area contributed by atoms with Crippen LogP contribution >= 0.6 is 0 Å². The van der Waals surface area contributed by atoms with E-state index in [-0.39, 0.29) is 24.8 Å². The zero-order valence-electron chi connectivity index (χ0n) is 18.2. The minimum Gasteiger partial charge on any atom is -1.00 e. The van der Waals surface area contributed by atoms with Crippen molar-refractivity contribution in [3.05, 3.63) is 114 Å². The molecule has 0 radical (unpaired) electrons. The topological polar surface area (TPSA) is 0 Å². The van der Waals surface area contributed by atoms with Gasteiger partial charge in [0.25, 0.3) is 0 Å². The first-order chi connectivity index (χ1) is 14.7. The molecule has 1 aliphatic carbocycles. The standard InChI is InChI=1S/C21H13.C5H5.C3H6.2ClH.Zr/c1-2-8-15-14(7-1)13-20-18-11-4-3-9-16(18)17-10-5-6-12-19(17)21(15)20;1-2-4-5-3-1;1-3-2;;;/h1-10,12H,13H2;1-5H;1-2H3;2*1H;/q2*-1;;;;+2/p-2. The zero-order chi connectivity index (χ0) is 20.9. The Morgan fingerprint density at radius 3 is 2.03 bits per heavy atom. The molecule has 32 heavy (non-hydrogen) atoms. The van der Waals surface area contributed by atoms with Crippen LogP contribution in [0.1, 0.15) is 25.0 Å². The minimum atomic E-state index is 0. The number of rotatable bonds is 0. The number of hydrogen-bond acceptors (Lipinski definition) is 0. The van der Waals surface area contributed by atoms with Crippen molar-refractivity contribution in [2.75, 3.05) is 0 Å². The van der Waals surface area contributed by atoms with Crippen LogP contribution in [0, 0.1) is 6.07 Å². The second kappa shape index (κ2) is 12.4. The molecule has 0 atom stereocenters. The fourth-order valence-electron chi connectivity index (χ4n) is 4.05. The SMILES string of the molecule is C[C](C)=[Zr+2].[Cl-].[Cl-].[c-]1cccc2c1c1c(c3ccccc32)-c2ccccc2C1.c1cc[cH-]c1. The quantitative estimate of drug-likeness (QED) is 0.205. The van der Waals surface area contributed by atoms with Crippen LogP contribution < -0.4 is 24.8 Å². The first-order valence-corrected chi connectivity index (χ1v) is 11.5. The van der Waals surface area contributed by atoms with Crippen molar-refractivity contribution in [1.29, 1.82) is 0 Å². The van der Waals surface area contributed by atoms with Gasteiger partial charge in [0.05, 0.1) is 0 Å². The molecule has 0 saturated heterocycles. The monoisotopic (exact) mass is 532 g/mol. The third kappa shape index (κ3) is 5.71. The minimum absolute atomic E-state index is 0. The summed E-state index contributed by atoms with van der Waals surface area (Å²) in [6.07, 6.45) is 1.02. The Morgan fingerprint density at radius 1 is 0.781 bits per heavy atom.